The number of hydrogen-bond acceptors (Lipinski definition) is 8. The Morgan fingerprint density at radius 2 is 2.09 bits per heavy atom. The van der Waals surface area contributed by atoms with Gasteiger partial charge in [-0.15, -0.1) is 10.2 Å². The van der Waals surface area contributed by atoms with Crippen molar-refractivity contribution in [2.24, 2.45) is 0 Å². The highest BCUT2D eigenvalue weighted by Crippen LogP contribution is 2.29. The summed E-state index contributed by atoms with van der Waals surface area (Å²) in [6.07, 6.45) is 0.830. The van der Waals surface area contributed by atoms with Crippen molar-refractivity contribution in [2.45, 2.75) is 22.9 Å². The molecule has 23 heavy (non-hydrogen) atoms. The summed E-state index contributed by atoms with van der Waals surface area (Å²) >= 11 is 2.88. The van der Waals surface area contributed by atoms with Crippen molar-refractivity contribution in [3.8, 4) is 17.6 Å². The van der Waals surface area contributed by atoms with Crippen LogP contribution < -0.4 is 14.8 Å². The van der Waals surface area contributed by atoms with Crippen molar-refractivity contribution in [1.82, 2.24) is 10.2 Å². The number of nitriles is 1. The van der Waals surface area contributed by atoms with Gasteiger partial charge in [-0.2, -0.15) is 5.26 Å². The number of nitrogens with one attached hydrogen (secondary N) is 1. The normalized spacial score (nSPS) is 11.6. The number of methoxy groups -OCH3 is 2. The Morgan fingerprint density at radius 3 is 2.78 bits per heavy atom. The average molecular weight is 350 g/mol. The third-order valence-corrected chi connectivity index (χ3v) is 4.96. The molecule has 0 radical (unpaired) electrons. The molecule has 0 saturated carbocycles. The molecule has 0 unspecified atom stereocenters. The number of nitrogens with zero attached hydrogens (tertiary/aromatic N) is 3. The Hall–Kier alpha value is -1.98. The van der Waals surface area contributed by atoms with Gasteiger partial charge in [-0.1, -0.05) is 29.2 Å². The predicted octanol–water partition coefficient (Wildman–Crippen LogP) is 3.21. The topological polar surface area (TPSA) is 80.1 Å². The van der Waals surface area contributed by atoms with E-state index in [2.05, 4.69) is 21.6 Å². The van der Waals surface area contributed by atoms with Gasteiger partial charge in [0.15, 0.2) is 15.8 Å². The van der Waals surface area contributed by atoms with E-state index in [1.165, 1.54) is 23.1 Å². The van der Waals surface area contributed by atoms with E-state index in [-0.39, 0.29) is 5.25 Å². The standard InChI is InChI=1S/C15H18N4O2S2/c1-10(9-16)22-15-19-18-14(23-15)17-7-6-11-4-5-12(20-2)13(8-11)21-3/h4-5,8,10H,6-7H2,1-3H3,(H,17,18)/t10-/m1/s1. The number of rotatable bonds is 8. The van der Waals surface area contributed by atoms with Crippen LogP contribution in [0.1, 0.15) is 12.5 Å². The summed E-state index contributed by atoms with van der Waals surface area (Å²) in [7, 11) is 3.25. The first kappa shape index (κ1) is 17.4. The van der Waals surface area contributed by atoms with Crippen molar-refractivity contribution < 1.29 is 9.47 Å². The molecule has 0 spiro atoms. The fourth-order valence-corrected chi connectivity index (χ4v) is 3.66. The molecule has 0 amide bonds. The van der Waals surface area contributed by atoms with Gasteiger partial charge >= 0.3 is 0 Å². The van der Waals surface area contributed by atoms with Crippen molar-refractivity contribution in [2.75, 3.05) is 26.1 Å². The van der Waals surface area contributed by atoms with E-state index >= 15 is 0 Å². The van der Waals surface area contributed by atoms with Crippen LogP contribution in [0, 0.1) is 11.3 Å². The summed E-state index contributed by atoms with van der Waals surface area (Å²) in [6.45, 7) is 2.58. The molecule has 1 aromatic carbocycles. The van der Waals surface area contributed by atoms with Crippen molar-refractivity contribution in [1.29, 1.82) is 5.26 Å². The number of benzene rings is 1. The molecular weight excluding hydrogens is 332 g/mol. The van der Waals surface area contributed by atoms with E-state index < -0.39 is 0 Å². The van der Waals surface area contributed by atoms with Crippen LogP contribution >= 0.6 is 23.1 Å². The molecule has 122 valence electrons. The molecule has 0 aliphatic carbocycles. The molecule has 0 saturated heterocycles. The van der Waals surface area contributed by atoms with Gasteiger partial charge in [0.25, 0.3) is 0 Å². The first-order chi connectivity index (χ1) is 11.2. The average Bonchev–Trinajstić information content (AvgIpc) is 3.01. The van der Waals surface area contributed by atoms with E-state index in [1.807, 2.05) is 25.1 Å². The largest absolute Gasteiger partial charge is 0.493 e. The van der Waals surface area contributed by atoms with Crippen LogP contribution in [0.2, 0.25) is 0 Å². The first-order valence-electron chi connectivity index (χ1n) is 7.00. The lowest BCUT2D eigenvalue weighted by molar-refractivity contribution is 0.354. The summed E-state index contributed by atoms with van der Waals surface area (Å²) < 4.78 is 11.3. The number of anilines is 1. The summed E-state index contributed by atoms with van der Waals surface area (Å²) in [6, 6.07) is 8.05. The predicted molar refractivity (Wildman–Crippen MR) is 92.6 cm³/mol. The van der Waals surface area contributed by atoms with E-state index in [9.17, 15) is 0 Å². The molecule has 1 aromatic heterocycles. The summed E-state index contributed by atoms with van der Waals surface area (Å²) in [5.41, 5.74) is 1.15. The van der Waals surface area contributed by atoms with E-state index in [0.717, 1.165) is 39.5 Å². The summed E-state index contributed by atoms with van der Waals surface area (Å²) in [5, 5.41) is 20.8. The molecule has 1 heterocycles. The Labute approximate surface area is 143 Å². The maximum Gasteiger partial charge on any atom is 0.206 e. The molecule has 1 atom stereocenters. The Bertz CT molecular complexity index is 684. The third kappa shape index (κ3) is 5.01. The van der Waals surface area contributed by atoms with Crippen LogP contribution in [-0.2, 0) is 6.42 Å². The molecule has 6 nitrogen and oxygen atoms in total. The van der Waals surface area contributed by atoms with Crippen LogP contribution in [0.5, 0.6) is 11.5 Å². The van der Waals surface area contributed by atoms with Gasteiger partial charge in [0.2, 0.25) is 5.13 Å². The van der Waals surface area contributed by atoms with Crippen LogP contribution in [0.3, 0.4) is 0 Å². The van der Waals surface area contributed by atoms with Crippen molar-refractivity contribution in [3.05, 3.63) is 23.8 Å². The second kappa shape index (κ2) is 8.60. The fraction of sp³-hybridized carbons (Fsp3) is 0.400. The highest BCUT2D eigenvalue weighted by atomic mass is 32.2. The SMILES string of the molecule is COc1ccc(CCNc2nnc(S[C@H](C)C#N)s2)cc1OC. The van der Waals surface area contributed by atoms with Gasteiger partial charge in [-0.05, 0) is 31.0 Å². The number of hydrogen-bond donors (Lipinski definition) is 1. The molecule has 0 fully saturated rings. The van der Waals surface area contributed by atoms with Crippen LogP contribution in [0.4, 0.5) is 5.13 Å². The highest BCUT2D eigenvalue weighted by Gasteiger charge is 2.09. The monoisotopic (exact) mass is 350 g/mol. The lowest BCUT2D eigenvalue weighted by Gasteiger charge is -2.09. The van der Waals surface area contributed by atoms with Gasteiger partial charge in [0.1, 0.15) is 0 Å². The van der Waals surface area contributed by atoms with Gasteiger partial charge in [0.05, 0.1) is 25.5 Å². The minimum atomic E-state index is -0.123. The third-order valence-electron chi connectivity index (χ3n) is 3.00. The smallest absolute Gasteiger partial charge is 0.206 e. The Balaban J connectivity index is 1.87. The van der Waals surface area contributed by atoms with Gasteiger partial charge in [0, 0.05) is 6.54 Å². The molecule has 1 N–H and O–H groups in total. The zero-order valence-corrected chi connectivity index (χ0v) is 14.8. The molecule has 2 rings (SSSR count). The highest BCUT2D eigenvalue weighted by molar-refractivity contribution is 8.01. The van der Waals surface area contributed by atoms with Crippen molar-refractivity contribution in [3.63, 3.8) is 0 Å². The second-order valence-electron chi connectivity index (χ2n) is 4.63. The maximum absolute atomic E-state index is 8.80. The lowest BCUT2D eigenvalue weighted by atomic mass is 10.1. The number of ether oxygens (including phenoxy) is 2. The molecule has 0 bridgehead atoms. The zero-order chi connectivity index (χ0) is 16.7. The first-order valence-corrected chi connectivity index (χ1v) is 8.70. The molecular formula is C15H18N4O2S2. The van der Waals surface area contributed by atoms with E-state index in [0.29, 0.717) is 0 Å². The molecule has 0 aliphatic heterocycles. The van der Waals surface area contributed by atoms with Crippen molar-refractivity contribution >= 4 is 28.2 Å². The Morgan fingerprint density at radius 1 is 1.30 bits per heavy atom. The fourth-order valence-electron chi connectivity index (χ4n) is 1.86. The van der Waals surface area contributed by atoms with Crippen LogP contribution in [0.15, 0.2) is 22.5 Å². The van der Waals surface area contributed by atoms with Crippen LogP contribution in [0.25, 0.3) is 0 Å². The van der Waals surface area contributed by atoms with Gasteiger partial charge in [-0.25, -0.2) is 0 Å². The van der Waals surface area contributed by atoms with E-state index in [4.69, 9.17) is 14.7 Å². The second-order valence-corrected chi connectivity index (χ2v) is 7.19. The summed E-state index contributed by atoms with van der Waals surface area (Å²) in [5.74, 6) is 1.45. The molecule has 2 aromatic rings. The quantitative estimate of drug-likeness (QED) is 0.732. The van der Waals surface area contributed by atoms with E-state index in [1.54, 1.807) is 14.2 Å². The minimum Gasteiger partial charge on any atom is -0.493 e. The number of thioether (sulfide) groups is 1. The molecule has 8 heteroatoms. The van der Waals surface area contributed by atoms with Crippen LogP contribution in [-0.4, -0.2) is 36.2 Å². The molecule has 0 aliphatic rings. The number of aromatic nitrogens is 2. The Kier molecular flexibility index (Phi) is 6.50. The maximum atomic E-state index is 8.80. The summed E-state index contributed by atoms with van der Waals surface area (Å²) in [4.78, 5) is 0. The minimum absolute atomic E-state index is 0.123. The van der Waals surface area contributed by atoms with Gasteiger partial charge in [-0.3, -0.25) is 0 Å². The lowest BCUT2D eigenvalue weighted by Crippen LogP contribution is -2.04. The zero-order valence-electron chi connectivity index (χ0n) is 13.2. The van der Waals surface area contributed by atoms with Gasteiger partial charge < -0.3 is 14.8 Å².